The molecule has 0 unspecified atom stereocenters. The Balaban J connectivity index is 2.29. The summed E-state index contributed by atoms with van der Waals surface area (Å²) in [6, 6.07) is 2.06. The fraction of sp³-hybridized carbons (Fsp3) is 0.636. The van der Waals surface area contributed by atoms with E-state index in [1.54, 1.807) is 0 Å². The Hall–Kier alpha value is -1.10. The summed E-state index contributed by atoms with van der Waals surface area (Å²) in [5.41, 5.74) is 2.17. The summed E-state index contributed by atoms with van der Waals surface area (Å²) in [4.78, 5) is 0. The smallest absolute Gasteiger partial charge is 0.166 e. The third-order valence-electron chi connectivity index (χ3n) is 2.34. The van der Waals surface area contributed by atoms with Crippen LogP contribution in [0.25, 0.3) is 0 Å². The molecule has 0 bridgehead atoms. The lowest BCUT2D eigenvalue weighted by molar-refractivity contribution is 0.679. The third-order valence-corrected chi connectivity index (χ3v) is 2.63. The van der Waals surface area contributed by atoms with Gasteiger partial charge in [-0.1, -0.05) is 13.3 Å². The summed E-state index contributed by atoms with van der Waals surface area (Å²) < 4.78 is 1.87. The van der Waals surface area contributed by atoms with Crippen LogP contribution in [0.4, 0.5) is 0 Å². The number of nitrogens with one attached hydrogen (secondary N) is 2. The zero-order chi connectivity index (χ0) is 12.0. The number of unbranched alkanes of at least 4 members (excludes halogenated alkanes) is 1. The van der Waals surface area contributed by atoms with Crippen LogP contribution in [0, 0.1) is 6.92 Å². The van der Waals surface area contributed by atoms with E-state index in [2.05, 4.69) is 28.7 Å². The molecule has 0 aliphatic carbocycles. The molecule has 16 heavy (non-hydrogen) atoms. The SMILES string of the molecule is CCCCNC(=S)NCc1cc(C)nn1C. The zero-order valence-electron chi connectivity index (χ0n) is 10.2. The molecule has 1 heterocycles. The van der Waals surface area contributed by atoms with Gasteiger partial charge in [0.25, 0.3) is 0 Å². The van der Waals surface area contributed by atoms with E-state index in [9.17, 15) is 0 Å². The fourth-order valence-electron chi connectivity index (χ4n) is 1.44. The van der Waals surface area contributed by atoms with Gasteiger partial charge in [0.1, 0.15) is 0 Å². The molecule has 1 aromatic rings. The number of aromatic nitrogens is 2. The minimum atomic E-state index is 0.715. The van der Waals surface area contributed by atoms with Gasteiger partial charge < -0.3 is 10.6 Å². The number of thiocarbonyl (C=S) groups is 1. The van der Waals surface area contributed by atoms with Crippen molar-refractivity contribution < 1.29 is 0 Å². The molecule has 5 heteroatoms. The van der Waals surface area contributed by atoms with Crippen molar-refractivity contribution in [3.05, 3.63) is 17.5 Å². The van der Waals surface area contributed by atoms with Crippen LogP contribution in [0.2, 0.25) is 0 Å². The number of nitrogens with zero attached hydrogens (tertiary/aromatic N) is 2. The van der Waals surface area contributed by atoms with Gasteiger partial charge >= 0.3 is 0 Å². The van der Waals surface area contributed by atoms with Crippen molar-refractivity contribution in [1.82, 2.24) is 20.4 Å². The maximum absolute atomic E-state index is 5.16. The van der Waals surface area contributed by atoms with Gasteiger partial charge in [0.05, 0.1) is 17.9 Å². The highest BCUT2D eigenvalue weighted by atomic mass is 32.1. The molecule has 0 radical (unpaired) electrons. The predicted molar refractivity (Wildman–Crippen MR) is 70.3 cm³/mol. The molecule has 0 saturated carbocycles. The molecule has 0 aliphatic rings. The lowest BCUT2D eigenvalue weighted by atomic mass is 10.3. The first-order valence-electron chi connectivity index (χ1n) is 5.64. The van der Waals surface area contributed by atoms with Crippen molar-refractivity contribution in [3.63, 3.8) is 0 Å². The van der Waals surface area contributed by atoms with Crippen LogP contribution in [0.1, 0.15) is 31.2 Å². The molecule has 0 aromatic carbocycles. The lowest BCUT2D eigenvalue weighted by Crippen LogP contribution is -2.35. The normalized spacial score (nSPS) is 10.2. The molecule has 4 nitrogen and oxygen atoms in total. The van der Waals surface area contributed by atoms with E-state index in [1.165, 1.54) is 6.42 Å². The predicted octanol–water partition coefficient (Wildman–Crippen LogP) is 1.49. The Bertz CT molecular complexity index is 346. The largest absolute Gasteiger partial charge is 0.363 e. The van der Waals surface area contributed by atoms with Crippen LogP contribution in [-0.2, 0) is 13.6 Å². The summed E-state index contributed by atoms with van der Waals surface area (Å²) >= 11 is 5.16. The molecule has 0 saturated heterocycles. The monoisotopic (exact) mass is 240 g/mol. The van der Waals surface area contributed by atoms with Gasteiger partial charge in [-0.2, -0.15) is 5.10 Å². The number of hydrogen-bond acceptors (Lipinski definition) is 2. The number of aryl methyl sites for hydroxylation is 2. The van der Waals surface area contributed by atoms with Crippen molar-refractivity contribution in [2.24, 2.45) is 7.05 Å². The van der Waals surface area contributed by atoms with E-state index in [0.717, 1.165) is 30.9 Å². The summed E-state index contributed by atoms with van der Waals surface area (Å²) in [6.07, 6.45) is 2.32. The van der Waals surface area contributed by atoms with Crippen LogP contribution in [0.5, 0.6) is 0 Å². The molecule has 0 aliphatic heterocycles. The number of rotatable bonds is 5. The molecule has 90 valence electrons. The quantitative estimate of drug-likeness (QED) is 0.604. The van der Waals surface area contributed by atoms with Crippen LogP contribution < -0.4 is 10.6 Å². The zero-order valence-corrected chi connectivity index (χ0v) is 11.0. The second-order valence-corrected chi connectivity index (χ2v) is 4.27. The Labute approximate surface area is 102 Å². The molecule has 1 rings (SSSR count). The standard InChI is InChI=1S/C11H20N4S/c1-4-5-6-12-11(16)13-8-10-7-9(2)14-15(10)3/h7H,4-6,8H2,1-3H3,(H2,12,13,16). The van der Waals surface area contributed by atoms with Gasteiger partial charge in [0.15, 0.2) is 5.11 Å². The second-order valence-electron chi connectivity index (χ2n) is 3.86. The highest BCUT2D eigenvalue weighted by Crippen LogP contribution is 2.00. The molecule has 0 atom stereocenters. The van der Waals surface area contributed by atoms with Gasteiger partial charge in [-0.05, 0) is 31.6 Å². The van der Waals surface area contributed by atoms with Crippen molar-refractivity contribution in [3.8, 4) is 0 Å². The fourth-order valence-corrected chi connectivity index (χ4v) is 1.62. The van der Waals surface area contributed by atoms with Gasteiger partial charge in [-0.15, -0.1) is 0 Å². The molecular formula is C11H20N4S. The molecular weight excluding hydrogens is 220 g/mol. The molecule has 2 N–H and O–H groups in total. The van der Waals surface area contributed by atoms with Gasteiger partial charge in [0, 0.05) is 13.6 Å². The summed E-state index contributed by atoms with van der Waals surface area (Å²) in [7, 11) is 1.94. The highest BCUT2D eigenvalue weighted by molar-refractivity contribution is 7.80. The first-order valence-corrected chi connectivity index (χ1v) is 6.05. The first kappa shape index (κ1) is 13.0. The van der Waals surface area contributed by atoms with E-state index in [4.69, 9.17) is 12.2 Å². The van der Waals surface area contributed by atoms with E-state index < -0.39 is 0 Å². The van der Waals surface area contributed by atoms with E-state index in [-0.39, 0.29) is 0 Å². The van der Waals surface area contributed by atoms with Crippen LogP contribution >= 0.6 is 12.2 Å². The summed E-state index contributed by atoms with van der Waals surface area (Å²) in [5, 5.41) is 11.3. The Morgan fingerprint density at radius 1 is 1.50 bits per heavy atom. The van der Waals surface area contributed by atoms with Gasteiger partial charge in [-0.25, -0.2) is 0 Å². The highest BCUT2D eigenvalue weighted by Gasteiger charge is 2.02. The summed E-state index contributed by atoms with van der Waals surface area (Å²) in [5.74, 6) is 0. The van der Waals surface area contributed by atoms with Crippen molar-refractivity contribution in [1.29, 1.82) is 0 Å². The topological polar surface area (TPSA) is 41.9 Å². The first-order chi connectivity index (χ1) is 7.63. The second kappa shape index (κ2) is 6.48. The average Bonchev–Trinajstić information content (AvgIpc) is 2.55. The van der Waals surface area contributed by atoms with E-state index in [0.29, 0.717) is 5.11 Å². The van der Waals surface area contributed by atoms with Crippen molar-refractivity contribution in [2.75, 3.05) is 6.54 Å². The number of hydrogen-bond donors (Lipinski definition) is 2. The molecule has 0 amide bonds. The van der Waals surface area contributed by atoms with E-state index in [1.807, 2.05) is 18.7 Å². The third kappa shape index (κ3) is 4.18. The van der Waals surface area contributed by atoms with Crippen LogP contribution in [0.15, 0.2) is 6.07 Å². The summed E-state index contributed by atoms with van der Waals surface area (Å²) in [6.45, 7) is 5.81. The molecule has 0 fully saturated rings. The van der Waals surface area contributed by atoms with Crippen molar-refractivity contribution >= 4 is 17.3 Å². The maximum Gasteiger partial charge on any atom is 0.166 e. The lowest BCUT2D eigenvalue weighted by Gasteiger charge is -2.09. The Morgan fingerprint density at radius 2 is 2.25 bits per heavy atom. The molecule has 1 aromatic heterocycles. The van der Waals surface area contributed by atoms with Crippen LogP contribution in [0.3, 0.4) is 0 Å². The average molecular weight is 240 g/mol. The maximum atomic E-state index is 5.16. The minimum Gasteiger partial charge on any atom is -0.363 e. The van der Waals surface area contributed by atoms with Crippen LogP contribution in [-0.4, -0.2) is 21.4 Å². The van der Waals surface area contributed by atoms with Gasteiger partial charge in [0.2, 0.25) is 0 Å². The minimum absolute atomic E-state index is 0.715. The Kier molecular flexibility index (Phi) is 5.25. The van der Waals surface area contributed by atoms with E-state index >= 15 is 0 Å². The Morgan fingerprint density at radius 3 is 2.81 bits per heavy atom. The van der Waals surface area contributed by atoms with Crippen molar-refractivity contribution in [2.45, 2.75) is 33.2 Å². The van der Waals surface area contributed by atoms with Gasteiger partial charge in [-0.3, -0.25) is 4.68 Å². The molecule has 0 spiro atoms.